The van der Waals surface area contributed by atoms with Crippen LogP contribution < -0.4 is 5.32 Å². The Bertz CT molecular complexity index is 805. The van der Waals surface area contributed by atoms with E-state index in [-0.39, 0.29) is 17.5 Å². The first-order valence-corrected chi connectivity index (χ1v) is 8.55. The topological polar surface area (TPSA) is 32.3 Å². The van der Waals surface area contributed by atoms with Crippen molar-refractivity contribution in [1.29, 1.82) is 0 Å². The van der Waals surface area contributed by atoms with Gasteiger partial charge >= 0.3 is 6.18 Å². The number of alkyl halides is 3. The van der Waals surface area contributed by atoms with Gasteiger partial charge in [0.1, 0.15) is 0 Å². The highest BCUT2D eigenvalue weighted by molar-refractivity contribution is 6.30. The second kappa shape index (κ2) is 7.29. The number of hydrogen-bond donors (Lipinski definition) is 1. The van der Waals surface area contributed by atoms with Crippen molar-refractivity contribution in [3.8, 4) is 0 Å². The first-order chi connectivity index (χ1) is 12.2. The van der Waals surface area contributed by atoms with Crippen LogP contribution >= 0.6 is 11.6 Å². The average molecular weight is 383 g/mol. The standard InChI is InChI=1S/C19H18ClF3N2O/c1-25-11-13-4-7-16(20)8-14(13)9-17(25)10-24-18(26)12-2-5-15(6-3-12)19(21,22)23/h2-8,17H,9-11H2,1H3,(H,24,26)/t17-/m0/s1. The van der Waals surface area contributed by atoms with E-state index in [0.29, 0.717) is 11.6 Å². The van der Waals surface area contributed by atoms with E-state index in [1.54, 1.807) is 0 Å². The lowest BCUT2D eigenvalue weighted by Crippen LogP contribution is -2.45. The number of nitrogens with zero attached hydrogens (tertiary/aromatic N) is 1. The molecule has 1 amide bonds. The van der Waals surface area contributed by atoms with Crippen LogP contribution in [0.3, 0.4) is 0 Å². The van der Waals surface area contributed by atoms with Gasteiger partial charge in [-0.3, -0.25) is 9.69 Å². The van der Waals surface area contributed by atoms with Crippen molar-refractivity contribution in [3.63, 3.8) is 0 Å². The van der Waals surface area contributed by atoms with E-state index in [0.717, 1.165) is 30.7 Å². The van der Waals surface area contributed by atoms with Gasteiger partial charge in [-0.05, 0) is 61.0 Å². The summed E-state index contributed by atoms with van der Waals surface area (Å²) >= 11 is 6.05. The third-order valence-electron chi connectivity index (χ3n) is 4.64. The lowest BCUT2D eigenvalue weighted by Gasteiger charge is -2.34. The maximum absolute atomic E-state index is 12.6. The summed E-state index contributed by atoms with van der Waals surface area (Å²) < 4.78 is 37.8. The highest BCUT2D eigenvalue weighted by Gasteiger charge is 2.30. The molecule has 0 spiro atoms. The molecule has 1 N–H and O–H groups in total. The van der Waals surface area contributed by atoms with Crippen molar-refractivity contribution in [1.82, 2.24) is 10.2 Å². The van der Waals surface area contributed by atoms with Crippen molar-refractivity contribution in [2.45, 2.75) is 25.2 Å². The van der Waals surface area contributed by atoms with Gasteiger partial charge in [-0.2, -0.15) is 13.2 Å². The Kier molecular flexibility index (Phi) is 5.25. The number of likely N-dealkylation sites (N-methyl/N-ethyl adjacent to an activating group) is 1. The molecule has 0 unspecified atom stereocenters. The maximum atomic E-state index is 12.6. The molecule has 3 rings (SSSR count). The Morgan fingerprint density at radius 1 is 1.19 bits per heavy atom. The predicted octanol–water partition coefficient (Wildman–Crippen LogP) is 4.15. The normalized spacial score (nSPS) is 17.7. The number of hydrogen-bond acceptors (Lipinski definition) is 2. The van der Waals surface area contributed by atoms with E-state index >= 15 is 0 Å². The van der Waals surface area contributed by atoms with E-state index in [2.05, 4.69) is 10.2 Å². The van der Waals surface area contributed by atoms with E-state index in [1.165, 1.54) is 17.7 Å². The monoisotopic (exact) mass is 382 g/mol. The smallest absolute Gasteiger partial charge is 0.350 e. The molecule has 2 aromatic rings. The van der Waals surface area contributed by atoms with Crippen LogP contribution in [0.5, 0.6) is 0 Å². The highest BCUT2D eigenvalue weighted by atomic mass is 35.5. The molecule has 0 bridgehead atoms. The van der Waals surface area contributed by atoms with Gasteiger partial charge in [0.15, 0.2) is 0 Å². The Morgan fingerprint density at radius 2 is 1.88 bits per heavy atom. The van der Waals surface area contributed by atoms with Gasteiger partial charge in [0.2, 0.25) is 0 Å². The molecule has 7 heteroatoms. The highest BCUT2D eigenvalue weighted by Crippen LogP contribution is 2.29. The van der Waals surface area contributed by atoms with E-state index < -0.39 is 11.7 Å². The SMILES string of the molecule is CN1Cc2ccc(Cl)cc2C[C@H]1CNC(=O)c1ccc(C(F)(F)F)cc1. The van der Waals surface area contributed by atoms with Crippen LogP contribution in [0.1, 0.15) is 27.0 Å². The molecule has 0 saturated carbocycles. The van der Waals surface area contributed by atoms with Gasteiger partial charge < -0.3 is 5.32 Å². The minimum absolute atomic E-state index is 0.0966. The fourth-order valence-electron chi connectivity index (χ4n) is 3.10. The van der Waals surface area contributed by atoms with Crippen LogP contribution in [-0.4, -0.2) is 30.4 Å². The summed E-state index contributed by atoms with van der Waals surface area (Å²) in [5, 5.41) is 3.49. The Balaban J connectivity index is 1.62. The molecule has 1 heterocycles. The molecule has 3 nitrogen and oxygen atoms in total. The fourth-order valence-corrected chi connectivity index (χ4v) is 3.29. The van der Waals surface area contributed by atoms with Crippen LogP contribution in [0.4, 0.5) is 13.2 Å². The Hall–Kier alpha value is -2.05. The van der Waals surface area contributed by atoms with E-state index in [4.69, 9.17) is 11.6 Å². The minimum atomic E-state index is -4.41. The average Bonchev–Trinajstić information content (AvgIpc) is 2.59. The van der Waals surface area contributed by atoms with Gasteiger partial charge in [-0.25, -0.2) is 0 Å². The number of halogens is 4. The Labute approximate surface area is 154 Å². The third-order valence-corrected chi connectivity index (χ3v) is 4.87. The van der Waals surface area contributed by atoms with Crippen LogP contribution in [-0.2, 0) is 19.1 Å². The molecule has 2 aromatic carbocycles. The molecule has 26 heavy (non-hydrogen) atoms. The van der Waals surface area contributed by atoms with Crippen molar-refractivity contribution < 1.29 is 18.0 Å². The zero-order valence-corrected chi connectivity index (χ0v) is 14.9. The third kappa shape index (κ3) is 4.19. The largest absolute Gasteiger partial charge is 0.416 e. The summed E-state index contributed by atoms with van der Waals surface area (Å²) in [4.78, 5) is 14.4. The van der Waals surface area contributed by atoms with Crippen LogP contribution in [0, 0.1) is 0 Å². The lowest BCUT2D eigenvalue weighted by molar-refractivity contribution is -0.137. The summed E-state index contributed by atoms with van der Waals surface area (Å²) in [5.74, 6) is -0.385. The van der Waals surface area contributed by atoms with Crippen LogP contribution in [0.25, 0.3) is 0 Å². The molecule has 1 aliphatic heterocycles. The number of carbonyl (C=O) groups excluding carboxylic acids is 1. The minimum Gasteiger partial charge on any atom is -0.350 e. The molecule has 0 radical (unpaired) electrons. The molecule has 138 valence electrons. The van der Waals surface area contributed by atoms with Crippen molar-refractivity contribution in [2.24, 2.45) is 0 Å². The molecule has 0 aliphatic carbocycles. The number of fused-ring (bicyclic) bond motifs is 1. The second-order valence-electron chi connectivity index (χ2n) is 6.47. The summed E-state index contributed by atoms with van der Waals surface area (Å²) in [6, 6.07) is 10.1. The number of nitrogens with one attached hydrogen (secondary N) is 1. The molecule has 0 aromatic heterocycles. The summed E-state index contributed by atoms with van der Waals surface area (Å²) in [7, 11) is 1.98. The molecular weight excluding hydrogens is 365 g/mol. The fraction of sp³-hybridized carbons (Fsp3) is 0.316. The van der Waals surface area contributed by atoms with Crippen LogP contribution in [0.2, 0.25) is 5.02 Å². The molecule has 0 saturated heterocycles. The number of benzene rings is 2. The van der Waals surface area contributed by atoms with E-state index in [9.17, 15) is 18.0 Å². The summed E-state index contributed by atoms with van der Waals surface area (Å²) in [6.45, 7) is 1.16. The maximum Gasteiger partial charge on any atom is 0.416 e. The van der Waals surface area contributed by atoms with Gasteiger partial charge in [-0.15, -0.1) is 0 Å². The zero-order valence-electron chi connectivity index (χ0n) is 14.1. The first-order valence-electron chi connectivity index (χ1n) is 8.17. The number of carbonyl (C=O) groups is 1. The summed E-state index contributed by atoms with van der Waals surface area (Å²) in [5.41, 5.74) is 1.81. The van der Waals surface area contributed by atoms with Crippen molar-refractivity contribution in [2.75, 3.05) is 13.6 Å². The number of rotatable bonds is 3. The molecule has 1 atom stereocenters. The lowest BCUT2D eigenvalue weighted by atomic mass is 9.94. The quantitative estimate of drug-likeness (QED) is 0.865. The number of amides is 1. The van der Waals surface area contributed by atoms with Gasteiger partial charge in [0.05, 0.1) is 5.56 Å². The Morgan fingerprint density at radius 3 is 2.54 bits per heavy atom. The second-order valence-corrected chi connectivity index (χ2v) is 6.91. The van der Waals surface area contributed by atoms with E-state index in [1.807, 2.05) is 25.2 Å². The van der Waals surface area contributed by atoms with Crippen LogP contribution in [0.15, 0.2) is 42.5 Å². The van der Waals surface area contributed by atoms with Gasteiger partial charge in [-0.1, -0.05) is 17.7 Å². The van der Waals surface area contributed by atoms with Gasteiger partial charge in [0.25, 0.3) is 5.91 Å². The van der Waals surface area contributed by atoms with Crippen molar-refractivity contribution in [3.05, 3.63) is 69.7 Å². The van der Waals surface area contributed by atoms with Crippen molar-refractivity contribution >= 4 is 17.5 Å². The van der Waals surface area contributed by atoms with Gasteiger partial charge in [0, 0.05) is 29.7 Å². The molecular formula is C19H18ClF3N2O. The predicted molar refractivity (Wildman–Crippen MR) is 94.2 cm³/mol. The zero-order chi connectivity index (χ0) is 18.9. The molecule has 0 fully saturated rings. The summed E-state index contributed by atoms with van der Waals surface area (Å²) in [6.07, 6.45) is -3.66. The molecule has 1 aliphatic rings. The first kappa shape index (κ1) is 18.7.